The van der Waals surface area contributed by atoms with E-state index in [4.69, 9.17) is 0 Å². The van der Waals surface area contributed by atoms with Crippen molar-refractivity contribution in [2.45, 2.75) is 26.8 Å². The summed E-state index contributed by atoms with van der Waals surface area (Å²) in [6.45, 7) is 5.27. The van der Waals surface area contributed by atoms with Gasteiger partial charge in [0, 0.05) is 11.8 Å². The molecule has 0 fully saturated rings. The minimum absolute atomic E-state index is 0.311. The molecule has 0 aliphatic rings. The molecule has 0 aliphatic heterocycles. The van der Waals surface area contributed by atoms with E-state index in [9.17, 15) is 8.78 Å². The van der Waals surface area contributed by atoms with Crippen molar-refractivity contribution >= 4 is 5.69 Å². The third-order valence-electron chi connectivity index (χ3n) is 3.16. The molecule has 100 valence electrons. The largest absolute Gasteiger partial charge is 0.377 e. The Hall–Kier alpha value is -1.97. The highest BCUT2D eigenvalue weighted by atomic mass is 19.1. The Morgan fingerprint density at radius 1 is 1.11 bits per heavy atom. The summed E-state index contributed by atoms with van der Waals surface area (Å²) in [5, 5.41) is 3.14. The maximum Gasteiger partial charge on any atom is 0.128 e. The van der Waals surface area contributed by atoms with Crippen molar-refractivity contribution < 1.29 is 8.78 Å². The lowest BCUT2D eigenvalue weighted by molar-refractivity contribution is 0.571. The van der Waals surface area contributed by atoms with Gasteiger partial charge in [-0.05, 0) is 50.1 Å². The van der Waals surface area contributed by atoms with Crippen LogP contribution in [0.3, 0.4) is 0 Å². The van der Waals surface area contributed by atoms with E-state index in [2.05, 4.69) is 10.3 Å². The normalized spacial score (nSPS) is 12.3. The Balaban J connectivity index is 2.28. The lowest BCUT2D eigenvalue weighted by atomic mass is 10.0. The standard InChI is InChI=1S/C15H16F2N2/c1-9-4-5-18-8-15(9)19-11(3)12-7-13(16)10(2)6-14(12)17/h4-8,11,19H,1-3H3. The maximum absolute atomic E-state index is 13.9. The van der Waals surface area contributed by atoms with Crippen LogP contribution in [-0.4, -0.2) is 4.98 Å². The molecule has 1 atom stereocenters. The topological polar surface area (TPSA) is 24.9 Å². The van der Waals surface area contributed by atoms with E-state index in [0.29, 0.717) is 11.1 Å². The summed E-state index contributed by atoms with van der Waals surface area (Å²) in [5.74, 6) is -0.798. The van der Waals surface area contributed by atoms with Gasteiger partial charge in [-0.3, -0.25) is 4.98 Å². The number of pyridine rings is 1. The summed E-state index contributed by atoms with van der Waals surface area (Å²) in [4.78, 5) is 4.02. The lowest BCUT2D eigenvalue weighted by Gasteiger charge is -2.18. The van der Waals surface area contributed by atoms with E-state index >= 15 is 0 Å². The molecule has 1 aromatic carbocycles. The monoisotopic (exact) mass is 262 g/mol. The van der Waals surface area contributed by atoms with Crippen molar-refractivity contribution in [1.29, 1.82) is 0 Å². The number of aryl methyl sites for hydroxylation is 2. The predicted octanol–water partition coefficient (Wildman–Crippen LogP) is 4.15. The molecule has 0 aliphatic carbocycles. The first-order valence-corrected chi connectivity index (χ1v) is 6.11. The van der Waals surface area contributed by atoms with E-state index < -0.39 is 11.6 Å². The van der Waals surface area contributed by atoms with E-state index in [1.165, 1.54) is 12.1 Å². The van der Waals surface area contributed by atoms with Gasteiger partial charge in [0.05, 0.1) is 17.9 Å². The molecule has 0 amide bonds. The summed E-state index contributed by atoms with van der Waals surface area (Å²) < 4.78 is 27.4. The summed E-state index contributed by atoms with van der Waals surface area (Å²) >= 11 is 0. The molecule has 1 aromatic heterocycles. The first-order valence-electron chi connectivity index (χ1n) is 6.11. The lowest BCUT2D eigenvalue weighted by Crippen LogP contribution is -2.10. The fraction of sp³-hybridized carbons (Fsp3) is 0.267. The van der Waals surface area contributed by atoms with Gasteiger partial charge in [0.1, 0.15) is 11.6 Å². The van der Waals surface area contributed by atoms with Crippen LogP contribution in [0.25, 0.3) is 0 Å². The number of nitrogens with one attached hydrogen (secondary N) is 1. The van der Waals surface area contributed by atoms with Gasteiger partial charge < -0.3 is 5.32 Å². The predicted molar refractivity (Wildman–Crippen MR) is 72.1 cm³/mol. The van der Waals surface area contributed by atoms with Gasteiger partial charge in [-0.15, -0.1) is 0 Å². The molecule has 19 heavy (non-hydrogen) atoms. The number of benzene rings is 1. The van der Waals surface area contributed by atoms with Gasteiger partial charge in [0.25, 0.3) is 0 Å². The summed E-state index contributed by atoms with van der Waals surface area (Å²) in [6.07, 6.45) is 3.37. The molecule has 2 rings (SSSR count). The first kappa shape index (κ1) is 13.5. The van der Waals surface area contributed by atoms with Gasteiger partial charge in [-0.1, -0.05) is 0 Å². The molecule has 0 spiro atoms. The van der Waals surface area contributed by atoms with Crippen LogP contribution < -0.4 is 5.32 Å². The molecule has 0 radical (unpaired) electrons. The second-order valence-electron chi connectivity index (χ2n) is 4.68. The molecule has 4 heteroatoms. The Morgan fingerprint density at radius 3 is 2.53 bits per heavy atom. The zero-order valence-corrected chi connectivity index (χ0v) is 11.2. The quantitative estimate of drug-likeness (QED) is 0.898. The molecule has 2 aromatic rings. The van der Waals surface area contributed by atoms with Crippen molar-refractivity contribution in [2.24, 2.45) is 0 Å². The Kier molecular flexibility index (Phi) is 3.79. The van der Waals surface area contributed by atoms with Crippen molar-refractivity contribution in [3.8, 4) is 0 Å². The van der Waals surface area contributed by atoms with Gasteiger partial charge >= 0.3 is 0 Å². The summed E-state index contributed by atoms with van der Waals surface area (Å²) in [6, 6.07) is 3.99. The zero-order valence-electron chi connectivity index (χ0n) is 11.2. The molecule has 2 nitrogen and oxygen atoms in total. The highest BCUT2D eigenvalue weighted by Crippen LogP contribution is 2.25. The van der Waals surface area contributed by atoms with Gasteiger partial charge in [-0.2, -0.15) is 0 Å². The van der Waals surface area contributed by atoms with Gasteiger partial charge in [0.2, 0.25) is 0 Å². The number of rotatable bonds is 3. The average molecular weight is 262 g/mol. The number of anilines is 1. The molecule has 1 heterocycles. The third kappa shape index (κ3) is 2.89. The van der Waals surface area contributed by atoms with Crippen molar-refractivity contribution in [3.05, 3.63) is 58.9 Å². The van der Waals surface area contributed by atoms with Crippen LogP contribution in [0.5, 0.6) is 0 Å². The van der Waals surface area contributed by atoms with E-state index in [0.717, 1.165) is 11.3 Å². The molecule has 0 saturated heterocycles. The Bertz CT molecular complexity index is 597. The number of hydrogen-bond donors (Lipinski definition) is 1. The van der Waals surface area contributed by atoms with Crippen LogP contribution >= 0.6 is 0 Å². The number of hydrogen-bond acceptors (Lipinski definition) is 2. The molecule has 0 bridgehead atoms. The first-order chi connectivity index (χ1) is 8.99. The smallest absolute Gasteiger partial charge is 0.128 e. The van der Waals surface area contributed by atoms with Crippen LogP contribution in [0.15, 0.2) is 30.6 Å². The van der Waals surface area contributed by atoms with Crippen LogP contribution in [0, 0.1) is 25.5 Å². The molecule has 1 unspecified atom stereocenters. The SMILES string of the molecule is Cc1cc(F)c(C(C)Nc2cnccc2C)cc1F. The Labute approximate surface area is 111 Å². The van der Waals surface area contributed by atoms with E-state index in [1.54, 1.807) is 26.2 Å². The van der Waals surface area contributed by atoms with Crippen molar-refractivity contribution in [1.82, 2.24) is 4.98 Å². The highest BCUT2D eigenvalue weighted by molar-refractivity contribution is 5.50. The summed E-state index contributed by atoms with van der Waals surface area (Å²) in [5.41, 5.74) is 2.45. The van der Waals surface area contributed by atoms with Crippen molar-refractivity contribution in [3.63, 3.8) is 0 Å². The van der Waals surface area contributed by atoms with Crippen LogP contribution in [0.4, 0.5) is 14.5 Å². The second kappa shape index (κ2) is 5.34. The summed E-state index contributed by atoms with van der Waals surface area (Å²) in [7, 11) is 0. The number of halogens is 2. The van der Waals surface area contributed by atoms with Gasteiger partial charge in [0.15, 0.2) is 0 Å². The highest BCUT2D eigenvalue weighted by Gasteiger charge is 2.14. The minimum Gasteiger partial charge on any atom is -0.377 e. The van der Waals surface area contributed by atoms with Crippen molar-refractivity contribution in [2.75, 3.05) is 5.32 Å². The number of aromatic nitrogens is 1. The third-order valence-corrected chi connectivity index (χ3v) is 3.16. The number of nitrogens with zero attached hydrogens (tertiary/aromatic N) is 1. The van der Waals surface area contributed by atoms with E-state index in [1.807, 2.05) is 13.0 Å². The fourth-order valence-corrected chi connectivity index (χ4v) is 1.92. The van der Waals surface area contributed by atoms with Crippen LogP contribution in [-0.2, 0) is 0 Å². The Morgan fingerprint density at radius 2 is 1.84 bits per heavy atom. The van der Waals surface area contributed by atoms with Crippen LogP contribution in [0.1, 0.15) is 29.7 Å². The molecular formula is C15H16F2N2. The molecule has 0 saturated carbocycles. The van der Waals surface area contributed by atoms with E-state index in [-0.39, 0.29) is 6.04 Å². The van der Waals surface area contributed by atoms with Crippen LogP contribution in [0.2, 0.25) is 0 Å². The van der Waals surface area contributed by atoms with Gasteiger partial charge in [-0.25, -0.2) is 8.78 Å². The zero-order chi connectivity index (χ0) is 14.0. The molecular weight excluding hydrogens is 246 g/mol. The average Bonchev–Trinajstić information content (AvgIpc) is 2.36. The minimum atomic E-state index is -0.402. The maximum atomic E-state index is 13.9. The molecule has 1 N–H and O–H groups in total. The fourth-order valence-electron chi connectivity index (χ4n) is 1.92. The second-order valence-corrected chi connectivity index (χ2v) is 4.68.